The molecule has 0 aliphatic heterocycles. The van der Waals surface area contributed by atoms with Crippen LogP contribution in [-0.4, -0.2) is 18.6 Å². The summed E-state index contributed by atoms with van der Waals surface area (Å²) in [6.45, 7) is 6.56. The van der Waals surface area contributed by atoms with Gasteiger partial charge in [0.25, 0.3) is 5.91 Å². The van der Waals surface area contributed by atoms with Crippen molar-refractivity contribution in [3.05, 3.63) is 35.4 Å². The van der Waals surface area contributed by atoms with Gasteiger partial charge in [-0.05, 0) is 38.5 Å². The number of carbonyl (C=O) groups is 1. The molecule has 0 heterocycles. The van der Waals surface area contributed by atoms with Crippen LogP contribution >= 0.6 is 0 Å². The van der Waals surface area contributed by atoms with Crippen molar-refractivity contribution in [2.75, 3.05) is 7.05 Å². The molecule has 1 aromatic carbocycles. The SMILES string of the molecule is CNC(=O)c1ccc(CNOC(C)(C)C)cc1. The lowest BCUT2D eigenvalue weighted by Crippen LogP contribution is -2.28. The van der Waals surface area contributed by atoms with Crippen LogP contribution in [0.5, 0.6) is 0 Å². The van der Waals surface area contributed by atoms with E-state index in [1.807, 2.05) is 32.9 Å². The Balaban J connectivity index is 2.49. The highest BCUT2D eigenvalue weighted by Gasteiger charge is 2.09. The van der Waals surface area contributed by atoms with Crippen molar-refractivity contribution in [1.82, 2.24) is 10.8 Å². The minimum Gasteiger partial charge on any atom is -0.355 e. The molecule has 0 aliphatic rings. The molecule has 0 spiro atoms. The second-order valence-electron chi connectivity index (χ2n) is 4.81. The van der Waals surface area contributed by atoms with Gasteiger partial charge in [-0.25, -0.2) is 0 Å². The van der Waals surface area contributed by atoms with Crippen LogP contribution in [0.2, 0.25) is 0 Å². The van der Waals surface area contributed by atoms with Crippen LogP contribution in [0.4, 0.5) is 0 Å². The van der Waals surface area contributed by atoms with Crippen LogP contribution in [0.3, 0.4) is 0 Å². The fourth-order valence-electron chi connectivity index (χ4n) is 1.25. The van der Waals surface area contributed by atoms with Crippen molar-refractivity contribution >= 4 is 5.91 Å². The van der Waals surface area contributed by atoms with Gasteiger partial charge in [-0.2, -0.15) is 5.48 Å². The van der Waals surface area contributed by atoms with Gasteiger partial charge in [-0.15, -0.1) is 0 Å². The van der Waals surface area contributed by atoms with Gasteiger partial charge in [-0.3, -0.25) is 9.63 Å². The Labute approximate surface area is 102 Å². The van der Waals surface area contributed by atoms with Crippen LogP contribution in [0.1, 0.15) is 36.7 Å². The van der Waals surface area contributed by atoms with E-state index in [1.165, 1.54) is 0 Å². The molecule has 0 atom stereocenters. The molecule has 1 rings (SSSR count). The van der Waals surface area contributed by atoms with Gasteiger partial charge < -0.3 is 5.32 Å². The summed E-state index contributed by atoms with van der Waals surface area (Å²) in [5.41, 5.74) is 4.43. The average molecular weight is 236 g/mol. The lowest BCUT2D eigenvalue weighted by atomic mass is 10.1. The summed E-state index contributed by atoms with van der Waals surface area (Å²) >= 11 is 0. The van der Waals surface area contributed by atoms with Crippen molar-refractivity contribution in [3.63, 3.8) is 0 Å². The van der Waals surface area contributed by atoms with Gasteiger partial charge in [0, 0.05) is 19.2 Å². The molecule has 0 bridgehead atoms. The Bertz CT molecular complexity index is 366. The van der Waals surface area contributed by atoms with Gasteiger partial charge in [0.15, 0.2) is 0 Å². The zero-order valence-electron chi connectivity index (χ0n) is 10.8. The maximum absolute atomic E-state index is 11.3. The van der Waals surface area contributed by atoms with Crippen molar-refractivity contribution in [3.8, 4) is 0 Å². The summed E-state index contributed by atoms with van der Waals surface area (Å²) in [7, 11) is 1.62. The highest BCUT2D eigenvalue weighted by atomic mass is 16.7. The van der Waals surface area contributed by atoms with E-state index < -0.39 is 0 Å². The largest absolute Gasteiger partial charge is 0.355 e. The highest BCUT2D eigenvalue weighted by molar-refractivity contribution is 5.93. The molecule has 2 N–H and O–H groups in total. The normalized spacial score (nSPS) is 11.3. The first-order chi connectivity index (χ1) is 7.92. The van der Waals surface area contributed by atoms with E-state index in [1.54, 1.807) is 19.2 Å². The molecule has 4 nitrogen and oxygen atoms in total. The van der Waals surface area contributed by atoms with Crippen LogP contribution < -0.4 is 10.8 Å². The molecule has 0 aliphatic carbocycles. The number of rotatable bonds is 4. The monoisotopic (exact) mass is 236 g/mol. The van der Waals surface area contributed by atoms with E-state index >= 15 is 0 Å². The molecule has 0 fully saturated rings. The fourth-order valence-corrected chi connectivity index (χ4v) is 1.25. The smallest absolute Gasteiger partial charge is 0.251 e. The number of hydroxylamine groups is 1. The third kappa shape index (κ3) is 4.97. The summed E-state index contributed by atoms with van der Waals surface area (Å²) in [6.07, 6.45) is 0. The average Bonchev–Trinajstić information content (AvgIpc) is 2.27. The topological polar surface area (TPSA) is 50.4 Å². The van der Waals surface area contributed by atoms with Crippen LogP contribution in [0, 0.1) is 0 Å². The van der Waals surface area contributed by atoms with E-state index in [0.717, 1.165) is 5.56 Å². The lowest BCUT2D eigenvalue weighted by Gasteiger charge is -2.19. The number of hydrogen-bond donors (Lipinski definition) is 2. The fraction of sp³-hybridized carbons (Fsp3) is 0.462. The van der Waals surface area contributed by atoms with Gasteiger partial charge >= 0.3 is 0 Å². The van der Waals surface area contributed by atoms with Crippen LogP contribution in [-0.2, 0) is 11.4 Å². The molecule has 1 amide bonds. The lowest BCUT2D eigenvalue weighted by molar-refractivity contribution is -0.0757. The van der Waals surface area contributed by atoms with Crippen LogP contribution in [0.15, 0.2) is 24.3 Å². The number of amides is 1. The summed E-state index contributed by atoms with van der Waals surface area (Å²) in [5, 5.41) is 2.58. The summed E-state index contributed by atoms with van der Waals surface area (Å²) in [4.78, 5) is 16.7. The standard InChI is InChI=1S/C13H20N2O2/c1-13(2,3)17-15-9-10-5-7-11(8-6-10)12(16)14-4/h5-8,15H,9H2,1-4H3,(H,14,16). The van der Waals surface area contributed by atoms with Crippen molar-refractivity contribution in [2.45, 2.75) is 32.9 Å². The zero-order chi connectivity index (χ0) is 12.9. The van der Waals surface area contributed by atoms with Crippen LogP contribution in [0.25, 0.3) is 0 Å². The maximum Gasteiger partial charge on any atom is 0.251 e. The molecule has 0 saturated heterocycles. The van der Waals surface area contributed by atoms with Gasteiger partial charge in [0.2, 0.25) is 0 Å². The second kappa shape index (κ2) is 5.80. The first-order valence-electron chi connectivity index (χ1n) is 5.64. The number of nitrogens with one attached hydrogen (secondary N) is 2. The number of carbonyl (C=O) groups excluding carboxylic acids is 1. The molecule has 17 heavy (non-hydrogen) atoms. The zero-order valence-corrected chi connectivity index (χ0v) is 10.8. The Morgan fingerprint density at radius 3 is 2.29 bits per heavy atom. The predicted octanol–water partition coefficient (Wildman–Crippen LogP) is 1.87. The van der Waals surface area contributed by atoms with E-state index in [-0.39, 0.29) is 11.5 Å². The molecular weight excluding hydrogens is 216 g/mol. The number of benzene rings is 1. The number of hydrogen-bond acceptors (Lipinski definition) is 3. The van der Waals surface area contributed by atoms with Crippen molar-refractivity contribution in [2.24, 2.45) is 0 Å². The van der Waals surface area contributed by atoms with Crippen molar-refractivity contribution < 1.29 is 9.63 Å². The van der Waals surface area contributed by atoms with Gasteiger partial charge in [0.1, 0.15) is 0 Å². The summed E-state index contributed by atoms with van der Waals surface area (Å²) in [5.74, 6) is -0.0737. The molecule has 0 unspecified atom stereocenters. The van der Waals surface area contributed by atoms with E-state index in [9.17, 15) is 4.79 Å². The minimum absolute atomic E-state index is 0.0737. The molecule has 4 heteroatoms. The summed E-state index contributed by atoms with van der Waals surface area (Å²) in [6, 6.07) is 7.41. The van der Waals surface area contributed by atoms with E-state index in [2.05, 4.69) is 10.8 Å². The Hall–Kier alpha value is -1.39. The predicted molar refractivity (Wildman–Crippen MR) is 67.5 cm³/mol. The Morgan fingerprint density at radius 2 is 1.82 bits per heavy atom. The Kier molecular flexibility index (Phi) is 4.66. The third-order valence-corrected chi connectivity index (χ3v) is 2.10. The first-order valence-corrected chi connectivity index (χ1v) is 5.64. The molecule has 0 radical (unpaired) electrons. The van der Waals surface area contributed by atoms with E-state index in [0.29, 0.717) is 12.1 Å². The Morgan fingerprint density at radius 1 is 1.24 bits per heavy atom. The van der Waals surface area contributed by atoms with Crippen molar-refractivity contribution in [1.29, 1.82) is 0 Å². The molecule has 1 aromatic rings. The second-order valence-corrected chi connectivity index (χ2v) is 4.81. The first kappa shape index (κ1) is 13.7. The highest BCUT2D eigenvalue weighted by Crippen LogP contribution is 2.07. The minimum atomic E-state index is -0.206. The molecule has 0 aromatic heterocycles. The molecule has 0 saturated carbocycles. The quantitative estimate of drug-likeness (QED) is 0.785. The van der Waals surface area contributed by atoms with E-state index in [4.69, 9.17) is 4.84 Å². The summed E-state index contributed by atoms with van der Waals surface area (Å²) < 4.78 is 0. The third-order valence-electron chi connectivity index (χ3n) is 2.10. The van der Waals surface area contributed by atoms with Gasteiger partial charge in [-0.1, -0.05) is 12.1 Å². The molecular formula is C13H20N2O2. The maximum atomic E-state index is 11.3. The molecule has 94 valence electrons. The van der Waals surface area contributed by atoms with Gasteiger partial charge in [0.05, 0.1) is 5.60 Å².